The van der Waals surface area contributed by atoms with E-state index in [1.54, 1.807) is 12.1 Å². The first-order valence-electron chi connectivity index (χ1n) is 12.6. The van der Waals surface area contributed by atoms with Crippen LogP contribution in [-0.2, 0) is 12.8 Å². The van der Waals surface area contributed by atoms with E-state index in [4.69, 9.17) is 9.97 Å². The van der Waals surface area contributed by atoms with Crippen molar-refractivity contribution in [1.82, 2.24) is 9.97 Å². The summed E-state index contributed by atoms with van der Waals surface area (Å²) in [6.45, 7) is 13.5. The van der Waals surface area contributed by atoms with Gasteiger partial charge in [0.05, 0.1) is 0 Å². The summed E-state index contributed by atoms with van der Waals surface area (Å²) in [6.07, 6.45) is 5.23. The smallest absolute Gasteiger partial charge is 0.232 e. The molecule has 2 heterocycles. The second-order valence-corrected chi connectivity index (χ2v) is 9.63. The van der Waals surface area contributed by atoms with E-state index in [0.717, 1.165) is 61.9 Å². The maximum absolute atomic E-state index is 13.6. The van der Waals surface area contributed by atoms with E-state index in [2.05, 4.69) is 56.6 Å². The highest BCUT2D eigenvalue weighted by Crippen LogP contribution is 2.35. The van der Waals surface area contributed by atoms with Crippen molar-refractivity contribution in [3.05, 3.63) is 75.7 Å². The molecular formula is C29H37FN4. The number of anilines is 3. The first-order chi connectivity index (χ1) is 16.4. The zero-order valence-electron chi connectivity index (χ0n) is 21.3. The molecule has 0 bridgehead atoms. The van der Waals surface area contributed by atoms with Crippen LogP contribution in [0, 0.1) is 33.5 Å². The third kappa shape index (κ3) is 5.24. The van der Waals surface area contributed by atoms with Crippen LogP contribution in [0.5, 0.6) is 0 Å². The Hall–Kier alpha value is -2.95. The highest BCUT2D eigenvalue weighted by Gasteiger charge is 2.26. The van der Waals surface area contributed by atoms with Crippen LogP contribution in [0.25, 0.3) is 0 Å². The zero-order chi connectivity index (χ0) is 24.2. The van der Waals surface area contributed by atoms with Gasteiger partial charge in [-0.15, -0.1) is 0 Å². The number of fused-ring (bicyclic) bond motifs is 1. The number of benzene rings is 2. The van der Waals surface area contributed by atoms with Gasteiger partial charge in [-0.2, -0.15) is 4.98 Å². The summed E-state index contributed by atoms with van der Waals surface area (Å²) in [5.41, 5.74) is 8.36. The van der Waals surface area contributed by atoms with Crippen LogP contribution in [-0.4, -0.2) is 29.6 Å². The molecule has 5 heteroatoms. The molecule has 4 nitrogen and oxygen atoms in total. The summed E-state index contributed by atoms with van der Waals surface area (Å²) >= 11 is 0. The van der Waals surface area contributed by atoms with Gasteiger partial charge in [-0.1, -0.05) is 49.6 Å². The number of hydrogen-bond acceptors (Lipinski definition) is 4. The normalized spacial score (nSPS) is 12.8. The first-order valence-corrected chi connectivity index (χ1v) is 12.6. The molecule has 4 rings (SSSR count). The lowest BCUT2D eigenvalue weighted by atomic mass is 10.0. The topological polar surface area (TPSA) is 32.3 Å². The van der Waals surface area contributed by atoms with E-state index in [-0.39, 0.29) is 5.82 Å². The lowest BCUT2D eigenvalue weighted by Gasteiger charge is -2.28. The summed E-state index contributed by atoms with van der Waals surface area (Å²) in [5.74, 6) is 1.66. The summed E-state index contributed by atoms with van der Waals surface area (Å²) in [6, 6.07) is 11.4. The average molecular weight is 461 g/mol. The Bertz CT molecular complexity index is 1130. The van der Waals surface area contributed by atoms with Crippen molar-refractivity contribution in [1.29, 1.82) is 0 Å². The van der Waals surface area contributed by atoms with Crippen LogP contribution in [0.1, 0.15) is 59.7 Å². The molecule has 0 radical (unpaired) electrons. The Morgan fingerprint density at radius 3 is 2.47 bits per heavy atom. The third-order valence-electron chi connectivity index (χ3n) is 6.80. The zero-order valence-corrected chi connectivity index (χ0v) is 21.3. The van der Waals surface area contributed by atoms with Crippen molar-refractivity contribution < 1.29 is 4.39 Å². The molecule has 0 fully saturated rings. The van der Waals surface area contributed by atoms with Gasteiger partial charge in [0, 0.05) is 36.6 Å². The molecule has 0 saturated carbocycles. The van der Waals surface area contributed by atoms with E-state index < -0.39 is 0 Å². The van der Waals surface area contributed by atoms with Crippen molar-refractivity contribution in [2.75, 3.05) is 29.4 Å². The molecule has 1 aliphatic rings. The number of aryl methyl sites for hydroxylation is 4. The fourth-order valence-electron chi connectivity index (χ4n) is 5.20. The minimum atomic E-state index is -0.175. The van der Waals surface area contributed by atoms with E-state index in [1.165, 1.54) is 46.8 Å². The molecular weight excluding hydrogens is 423 g/mol. The number of nitrogens with zero attached hydrogens (tertiary/aromatic N) is 4. The van der Waals surface area contributed by atoms with E-state index in [9.17, 15) is 4.39 Å². The summed E-state index contributed by atoms with van der Waals surface area (Å²) < 4.78 is 13.6. The number of rotatable bonds is 9. The van der Waals surface area contributed by atoms with Gasteiger partial charge >= 0.3 is 0 Å². The minimum absolute atomic E-state index is 0.175. The largest absolute Gasteiger partial charge is 0.356 e. The predicted molar refractivity (Wildman–Crippen MR) is 140 cm³/mol. The molecule has 180 valence electrons. The Morgan fingerprint density at radius 1 is 1.00 bits per heavy atom. The standard InChI is InChI=1S/C29H37FN4/c1-6-7-8-14-34(27-21(3)17-20(2)18-22(27)4)29-31-23(5)26-13-16-33(28(26)32-29)15-12-24-10-9-11-25(30)19-24/h9-11,17-19H,6-8,12-16H2,1-5H3. The average Bonchev–Trinajstić information content (AvgIpc) is 3.19. The fourth-order valence-corrected chi connectivity index (χ4v) is 5.20. The van der Waals surface area contributed by atoms with Gasteiger partial charge in [0.2, 0.25) is 5.95 Å². The molecule has 0 spiro atoms. The monoisotopic (exact) mass is 460 g/mol. The van der Waals surface area contributed by atoms with Gasteiger partial charge in [-0.05, 0) is 75.8 Å². The van der Waals surface area contributed by atoms with E-state index in [0.29, 0.717) is 0 Å². The molecule has 0 atom stereocenters. The summed E-state index contributed by atoms with van der Waals surface area (Å²) in [5, 5.41) is 0. The Balaban J connectivity index is 1.67. The fraction of sp³-hybridized carbons (Fsp3) is 0.448. The maximum atomic E-state index is 13.6. The van der Waals surface area contributed by atoms with Crippen LogP contribution in [0.2, 0.25) is 0 Å². The van der Waals surface area contributed by atoms with Gasteiger partial charge in [0.15, 0.2) is 0 Å². The second-order valence-electron chi connectivity index (χ2n) is 9.63. The maximum Gasteiger partial charge on any atom is 0.232 e. The molecule has 3 aromatic rings. The lowest BCUT2D eigenvalue weighted by Crippen LogP contribution is -2.27. The van der Waals surface area contributed by atoms with Crippen molar-refractivity contribution in [3.8, 4) is 0 Å². The van der Waals surface area contributed by atoms with Crippen LogP contribution in [0.4, 0.5) is 21.8 Å². The predicted octanol–water partition coefficient (Wildman–Crippen LogP) is 6.78. The SMILES string of the molecule is CCCCCN(c1nc(C)c2c(n1)N(CCc1cccc(F)c1)CC2)c1c(C)cc(C)cc1C. The molecule has 0 N–H and O–H groups in total. The molecule has 0 saturated heterocycles. The van der Waals surface area contributed by atoms with Crippen LogP contribution < -0.4 is 9.80 Å². The summed E-state index contributed by atoms with van der Waals surface area (Å²) in [7, 11) is 0. The molecule has 2 aromatic carbocycles. The number of unbranched alkanes of at least 4 members (excludes halogenated alkanes) is 2. The number of hydrogen-bond donors (Lipinski definition) is 0. The van der Waals surface area contributed by atoms with E-state index in [1.807, 2.05) is 6.07 Å². The van der Waals surface area contributed by atoms with Gasteiger partial charge < -0.3 is 9.80 Å². The number of aromatic nitrogens is 2. The summed E-state index contributed by atoms with van der Waals surface area (Å²) in [4.78, 5) is 14.8. The molecule has 0 unspecified atom stereocenters. The molecule has 1 aromatic heterocycles. The third-order valence-corrected chi connectivity index (χ3v) is 6.80. The van der Waals surface area contributed by atoms with E-state index >= 15 is 0 Å². The van der Waals surface area contributed by atoms with Gasteiger partial charge in [0.1, 0.15) is 11.6 Å². The van der Waals surface area contributed by atoms with Crippen LogP contribution in [0.3, 0.4) is 0 Å². The first kappa shape index (κ1) is 24.2. The molecule has 0 aliphatic carbocycles. The van der Waals surface area contributed by atoms with Crippen molar-refractivity contribution in [3.63, 3.8) is 0 Å². The second kappa shape index (κ2) is 10.5. The van der Waals surface area contributed by atoms with Crippen molar-refractivity contribution in [2.24, 2.45) is 0 Å². The van der Waals surface area contributed by atoms with Gasteiger partial charge in [-0.25, -0.2) is 9.37 Å². The Labute approximate surface area is 203 Å². The Morgan fingerprint density at radius 2 is 1.76 bits per heavy atom. The van der Waals surface area contributed by atoms with Gasteiger partial charge in [0.25, 0.3) is 0 Å². The molecule has 34 heavy (non-hydrogen) atoms. The van der Waals surface area contributed by atoms with Crippen molar-refractivity contribution in [2.45, 2.75) is 66.7 Å². The highest BCUT2D eigenvalue weighted by atomic mass is 19.1. The van der Waals surface area contributed by atoms with Crippen LogP contribution >= 0.6 is 0 Å². The van der Waals surface area contributed by atoms with Gasteiger partial charge in [-0.3, -0.25) is 0 Å². The molecule has 1 aliphatic heterocycles. The minimum Gasteiger partial charge on any atom is -0.356 e. The molecule has 0 amide bonds. The Kier molecular flexibility index (Phi) is 7.50. The van der Waals surface area contributed by atoms with Crippen LogP contribution in [0.15, 0.2) is 36.4 Å². The highest BCUT2D eigenvalue weighted by molar-refractivity contribution is 5.68. The quantitative estimate of drug-likeness (QED) is 0.329. The lowest BCUT2D eigenvalue weighted by molar-refractivity contribution is 0.625. The number of halogens is 1. The van der Waals surface area contributed by atoms with Crippen molar-refractivity contribution >= 4 is 17.5 Å².